The van der Waals surface area contributed by atoms with Crippen molar-refractivity contribution in [1.29, 1.82) is 5.26 Å². The Hall–Kier alpha value is -3.61. The Morgan fingerprint density at radius 1 is 1.24 bits per heavy atom. The normalized spacial score (nSPS) is 20.5. The van der Waals surface area contributed by atoms with Gasteiger partial charge in [-0.25, -0.2) is 4.79 Å². The predicted molar refractivity (Wildman–Crippen MR) is 119 cm³/mol. The van der Waals surface area contributed by atoms with E-state index in [0.29, 0.717) is 37.8 Å². The molecule has 0 bridgehead atoms. The lowest BCUT2D eigenvalue weighted by Gasteiger charge is -2.30. The zero-order chi connectivity index (χ0) is 24.7. The number of amides is 1. The number of nitro groups is 1. The second kappa shape index (κ2) is 11.3. The highest BCUT2D eigenvalue weighted by Gasteiger charge is 2.29. The van der Waals surface area contributed by atoms with Gasteiger partial charge in [0.1, 0.15) is 17.7 Å². The van der Waals surface area contributed by atoms with Gasteiger partial charge in [0.25, 0.3) is 5.91 Å². The number of benzene rings is 1. The van der Waals surface area contributed by atoms with Crippen molar-refractivity contribution in [2.75, 3.05) is 13.1 Å². The highest BCUT2D eigenvalue weighted by Crippen LogP contribution is 2.38. The molecule has 1 amide bonds. The van der Waals surface area contributed by atoms with Crippen LogP contribution in [0.25, 0.3) is 6.08 Å². The molecule has 2 unspecified atom stereocenters. The minimum absolute atomic E-state index is 0.0410. The van der Waals surface area contributed by atoms with Gasteiger partial charge in [-0.3, -0.25) is 14.9 Å². The molecular formula is C23H29N3O7. The van der Waals surface area contributed by atoms with Crippen molar-refractivity contribution in [3.8, 4) is 17.6 Å². The van der Waals surface area contributed by atoms with Crippen molar-refractivity contribution < 1.29 is 29.1 Å². The summed E-state index contributed by atoms with van der Waals surface area (Å²) in [4.78, 5) is 36.8. The number of phenolic OH excluding ortho intramolecular Hbond substituents is 1. The van der Waals surface area contributed by atoms with Crippen LogP contribution in [0.2, 0.25) is 0 Å². The van der Waals surface area contributed by atoms with Crippen molar-refractivity contribution in [3.05, 3.63) is 33.4 Å². The van der Waals surface area contributed by atoms with Crippen LogP contribution in [0, 0.1) is 33.3 Å². The lowest BCUT2D eigenvalue weighted by Crippen LogP contribution is -2.31. The molecule has 1 aromatic carbocycles. The molecule has 2 rings (SSSR count). The number of rotatable bonds is 7. The number of nitrogens with zero attached hydrogens (tertiary/aromatic N) is 3. The molecule has 33 heavy (non-hydrogen) atoms. The molecule has 1 fully saturated rings. The van der Waals surface area contributed by atoms with E-state index >= 15 is 0 Å². The van der Waals surface area contributed by atoms with Crippen LogP contribution in [-0.2, 0) is 9.53 Å². The summed E-state index contributed by atoms with van der Waals surface area (Å²) >= 11 is 0. The third-order valence-corrected chi connectivity index (χ3v) is 5.58. The first-order valence-electron chi connectivity index (χ1n) is 10.9. The molecule has 178 valence electrons. The molecule has 2 atom stereocenters. The topological polar surface area (TPSA) is 143 Å². The number of carbonyl (C=O) groups excluding carboxylic acids is 2. The average Bonchev–Trinajstić information content (AvgIpc) is 2.73. The van der Waals surface area contributed by atoms with E-state index in [1.807, 2.05) is 0 Å². The number of hydrogen-bond acceptors (Lipinski definition) is 8. The Balaban J connectivity index is 2.34. The summed E-state index contributed by atoms with van der Waals surface area (Å²) in [5, 5.41) is 31.1. The Labute approximate surface area is 192 Å². The molecular weight excluding hydrogens is 430 g/mol. The lowest BCUT2D eigenvalue weighted by molar-refractivity contribution is -0.385. The Kier molecular flexibility index (Phi) is 8.79. The molecule has 0 radical (unpaired) electrons. The largest absolute Gasteiger partial charge is 0.514 e. The lowest BCUT2D eigenvalue weighted by atomic mass is 9.82. The van der Waals surface area contributed by atoms with Gasteiger partial charge in [0.2, 0.25) is 5.75 Å². The van der Waals surface area contributed by atoms with Gasteiger partial charge in [0.15, 0.2) is 5.75 Å². The fourth-order valence-electron chi connectivity index (χ4n) is 4.12. The first-order valence-corrected chi connectivity index (χ1v) is 10.9. The molecule has 1 N–H and O–H groups in total. The van der Waals surface area contributed by atoms with E-state index in [1.54, 1.807) is 19.9 Å². The van der Waals surface area contributed by atoms with Gasteiger partial charge < -0.3 is 19.5 Å². The van der Waals surface area contributed by atoms with Crippen LogP contribution >= 0.6 is 0 Å². The maximum atomic E-state index is 12.5. The van der Waals surface area contributed by atoms with Gasteiger partial charge in [-0.05, 0) is 62.7 Å². The summed E-state index contributed by atoms with van der Waals surface area (Å²) in [5.41, 5.74) is -0.948. The van der Waals surface area contributed by atoms with Crippen LogP contribution in [0.5, 0.6) is 11.5 Å². The van der Waals surface area contributed by atoms with Crippen molar-refractivity contribution in [2.24, 2.45) is 11.8 Å². The third kappa shape index (κ3) is 6.68. The van der Waals surface area contributed by atoms with Gasteiger partial charge in [-0.15, -0.1) is 0 Å². The number of carbonyl (C=O) groups is 2. The number of ether oxygens (including phenoxy) is 2. The molecule has 1 aromatic rings. The summed E-state index contributed by atoms with van der Waals surface area (Å²) in [6, 6.07) is 3.92. The molecule has 1 aliphatic carbocycles. The molecule has 0 spiro atoms. The summed E-state index contributed by atoms with van der Waals surface area (Å²) < 4.78 is 10.5. The van der Waals surface area contributed by atoms with Crippen LogP contribution in [-0.4, -0.2) is 46.2 Å². The average molecular weight is 459 g/mol. The monoisotopic (exact) mass is 459 g/mol. The third-order valence-electron chi connectivity index (χ3n) is 5.58. The first-order chi connectivity index (χ1) is 15.6. The van der Waals surface area contributed by atoms with E-state index in [4.69, 9.17) is 9.47 Å². The molecule has 0 aliphatic heterocycles. The van der Waals surface area contributed by atoms with Crippen LogP contribution in [0.4, 0.5) is 10.5 Å². The Morgan fingerprint density at radius 2 is 1.85 bits per heavy atom. The number of likely N-dealkylation sites (N-methyl/N-ethyl adjacent to an activating group) is 1. The number of nitro benzene ring substituents is 1. The van der Waals surface area contributed by atoms with Crippen molar-refractivity contribution in [2.45, 2.75) is 53.1 Å². The number of aromatic hydroxyl groups is 1. The first kappa shape index (κ1) is 25.6. The highest BCUT2D eigenvalue weighted by atomic mass is 16.7. The quantitative estimate of drug-likeness (QED) is 0.158. The van der Waals surface area contributed by atoms with Crippen LogP contribution in [0.15, 0.2) is 17.7 Å². The maximum Gasteiger partial charge on any atom is 0.514 e. The van der Waals surface area contributed by atoms with Gasteiger partial charge >= 0.3 is 11.8 Å². The Morgan fingerprint density at radius 3 is 2.36 bits per heavy atom. The molecule has 0 saturated heterocycles. The zero-order valence-corrected chi connectivity index (χ0v) is 19.2. The van der Waals surface area contributed by atoms with Crippen LogP contribution < -0.4 is 4.74 Å². The molecule has 0 heterocycles. The molecule has 10 heteroatoms. The van der Waals surface area contributed by atoms with E-state index in [-0.39, 0.29) is 17.2 Å². The van der Waals surface area contributed by atoms with Crippen molar-refractivity contribution in [3.63, 3.8) is 0 Å². The zero-order valence-electron chi connectivity index (χ0n) is 19.2. The number of phenols is 1. The van der Waals surface area contributed by atoms with E-state index in [2.05, 4.69) is 13.8 Å². The molecule has 10 nitrogen and oxygen atoms in total. The summed E-state index contributed by atoms with van der Waals surface area (Å²) in [6.07, 6.45) is 2.08. The van der Waals surface area contributed by atoms with Gasteiger partial charge in [-0.1, -0.05) is 13.8 Å². The van der Waals surface area contributed by atoms with Crippen LogP contribution in [0.1, 0.15) is 52.5 Å². The summed E-state index contributed by atoms with van der Waals surface area (Å²) in [6.45, 7) is 8.40. The highest BCUT2D eigenvalue weighted by molar-refractivity contribution is 6.01. The summed E-state index contributed by atoms with van der Waals surface area (Å²) in [7, 11) is 0. The van der Waals surface area contributed by atoms with Gasteiger partial charge in [0, 0.05) is 19.2 Å². The second-order valence-electron chi connectivity index (χ2n) is 8.30. The maximum absolute atomic E-state index is 12.5. The van der Waals surface area contributed by atoms with E-state index in [1.165, 1.54) is 4.90 Å². The summed E-state index contributed by atoms with van der Waals surface area (Å²) in [5.74, 6) is -1.14. The fourth-order valence-corrected chi connectivity index (χ4v) is 4.12. The minimum atomic E-state index is -1.09. The minimum Gasteiger partial charge on any atom is -0.499 e. The number of hydrogen-bond donors (Lipinski definition) is 1. The fraction of sp³-hybridized carbons (Fsp3) is 0.522. The molecule has 1 aliphatic rings. The Bertz CT molecular complexity index is 969. The second-order valence-corrected chi connectivity index (χ2v) is 8.30. The van der Waals surface area contributed by atoms with Gasteiger partial charge in [0.05, 0.1) is 4.92 Å². The van der Waals surface area contributed by atoms with E-state index in [9.17, 15) is 30.1 Å². The molecule has 0 aromatic heterocycles. The molecule has 1 saturated carbocycles. The predicted octanol–water partition coefficient (Wildman–Crippen LogP) is 4.42. The standard InChI is InChI=1S/C23H29N3O7/c1-5-25(6-2)22(28)17(13-24)10-16-11-19(26(30)31)21(27)20(12-16)33-23(29)32-18-8-14(3)7-15(4)9-18/h10-12,14-15,18,27H,5-9H2,1-4H3/b17-10+. The van der Waals surface area contributed by atoms with Crippen molar-refractivity contribution >= 4 is 23.8 Å². The van der Waals surface area contributed by atoms with Crippen molar-refractivity contribution in [1.82, 2.24) is 4.90 Å². The number of nitriles is 1. The SMILES string of the molecule is CCN(CC)C(=O)/C(C#N)=C/c1cc(OC(=O)OC2CC(C)CC(C)C2)c(O)c([N+](=O)[O-])c1. The smallest absolute Gasteiger partial charge is 0.499 e. The van der Waals surface area contributed by atoms with E-state index in [0.717, 1.165) is 24.6 Å². The van der Waals surface area contributed by atoms with Gasteiger partial charge in [-0.2, -0.15) is 5.26 Å². The van der Waals surface area contributed by atoms with E-state index < -0.39 is 34.2 Å². The van der Waals surface area contributed by atoms with Crippen LogP contribution in [0.3, 0.4) is 0 Å².